The molecule has 0 spiro atoms. The normalized spacial score (nSPS) is 10.8. The zero-order chi connectivity index (χ0) is 21.3. The van der Waals surface area contributed by atoms with Gasteiger partial charge in [0.15, 0.2) is 5.76 Å². The van der Waals surface area contributed by atoms with E-state index < -0.39 is 17.3 Å². The molecule has 0 radical (unpaired) electrons. The van der Waals surface area contributed by atoms with Crippen LogP contribution in [0.1, 0.15) is 15.9 Å². The molecule has 0 aliphatic rings. The average Bonchev–Trinajstić information content (AvgIpc) is 3.24. The number of carboxylic acid groups (broad SMARTS) is 1. The maximum Gasteiger partial charge on any atom is 0.338 e. The average molecular weight is 403 g/mol. The Morgan fingerprint density at radius 1 is 1.00 bits per heavy atom. The van der Waals surface area contributed by atoms with Crippen molar-refractivity contribution in [3.63, 3.8) is 0 Å². The Kier molecular flexibility index (Phi) is 5.06. The minimum atomic E-state index is -1.32. The first-order valence-electron chi connectivity index (χ1n) is 9.23. The molecule has 5 nitrogen and oxygen atoms in total. The summed E-state index contributed by atoms with van der Waals surface area (Å²) in [4.78, 5) is 11.0. The first-order valence-corrected chi connectivity index (χ1v) is 9.23. The van der Waals surface area contributed by atoms with Crippen molar-refractivity contribution in [2.45, 2.75) is 6.92 Å². The van der Waals surface area contributed by atoms with Crippen LogP contribution in [-0.2, 0) is 0 Å². The van der Waals surface area contributed by atoms with E-state index in [1.54, 1.807) is 13.2 Å². The fourth-order valence-corrected chi connectivity index (χ4v) is 3.47. The van der Waals surface area contributed by atoms with E-state index in [1.165, 1.54) is 12.1 Å². The number of rotatable bonds is 5. The molecule has 0 bridgehead atoms. The van der Waals surface area contributed by atoms with E-state index in [-0.39, 0.29) is 0 Å². The summed E-state index contributed by atoms with van der Waals surface area (Å²) in [6.45, 7) is 1.97. The van der Waals surface area contributed by atoms with Gasteiger partial charge < -0.3 is 14.4 Å². The number of ether oxygens (including phenoxy) is 1. The molecule has 1 aromatic heterocycles. The summed E-state index contributed by atoms with van der Waals surface area (Å²) in [7, 11) is 1.60. The number of carbonyl (C=O) groups is 1. The van der Waals surface area contributed by atoms with Crippen LogP contribution in [0.4, 0.5) is 4.39 Å². The lowest BCUT2D eigenvalue weighted by molar-refractivity contribution is 0.0692. The zero-order valence-corrected chi connectivity index (χ0v) is 16.3. The van der Waals surface area contributed by atoms with Crippen molar-refractivity contribution < 1.29 is 23.6 Å². The molecule has 0 atom stereocenters. The van der Waals surface area contributed by atoms with Crippen LogP contribution in [0.5, 0.6) is 5.75 Å². The van der Waals surface area contributed by atoms with Crippen molar-refractivity contribution in [1.29, 1.82) is 0 Å². The van der Waals surface area contributed by atoms with Gasteiger partial charge in [-0.05, 0) is 41.8 Å². The highest BCUT2D eigenvalue weighted by molar-refractivity contribution is 5.88. The van der Waals surface area contributed by atoms with Gasteiger partial charge in [-0.25, -0.2) is 9.18 Å². The Balaban J connectivity index is 1.74. The summed E-state index contributed by atoms with van der Waals surface area (Å²) in [5.74, 6) is -1.03. The summed E-state index contributed by atoms with van der Waals surface area (Å²) in [5, 5.41) is 13.0. The van der Waals surface area contributed by atoms with Crippen LogP contribution >= 0.6 is 0 Å². The third kappa shape index (κ3) is 3.43. The molecule has 3 aromatic carbocycles. The summed E-state index contributed by atoms with van der Waals surface area (Å²) in [5.41, 5.74) is 4.22. The Labute approximate surface area is 172 Å². The fourth-order valence-electron chi connectivity index (χ4n) is 3.47. The highest BCUT2D eigenvalue weighted by Gasteiger charge is 2.18. The van der Waals surface area contributed by atoms with Gasteiger partial charge in [-0.1, -0.05) is 47.6 Å². The second-order valence-electron chi connectivity index (χ2n) is 6.76. The minimum Gasteiger partial charge on any atom is -0.496 e. The summed E-state index contributed by atoms with van der Waals surface area (Å²) in [6, 6.07) is 19.4. The largest absolute Gasteiger partial charge is 0.496 e. The smallest absolute Gasteiger partial charge is 0.338 e. The summed E-state index contributed by atoms with van der Waals surface area (Å²) < 4.78 is 25.2. The number of aromatic carboxylic acids is 1. The Bertz CT molecular complexity index is 1230. The van der Waals surface area contributed by atoms with Crippen molar-refractivity contribution in [1.82, 2.24) is 5.16 Å². The van der Waals surface area contributed by atoms with Crippen LogP contribution in [0.2, 0.25) is 0 Å². The number of benzene rings is 3. The maximum absolute atomic E-state index is 14.0. The number of aromatic nitrogens is 1. The van der Waals surface area contributed by atoms with Crippen LogP contribution in [0, 0.1) is 12.7 Å². The molecule has 150 valence electrons. The standard InChI is InChI=1S/C24H18FNO4/c1-14-17(15-6-4-3-5-7-15)10-11-19(23(14)29-2)22-13-21(26-30-22)16-8-9-18(24(27)28)20(25)12-16/h3-13H,1-2H3,(H,27,28). The molecule has 0 saturated heterocycles. The monoisotopic (exact) mass is 403 g/mol. The van der Waals surface area contributed by atoms with Gasteiger partial charge in [-0.3, -0.25) is 0 Å². The van der Waals surface area contributed by atoms with Crippen molar-refractivity contribution in [3.8, 4) is 39.5 Å². The molecule has 6 heteroatoms. The molecule has 0 aliphatic carbocycles. The van der Waals surface area contributed by atoms with Crippen molar-refractivity contribution in [2.24, 2.45) is 0 Å². The van der Waals surface area contributed by atoms with E-state index in [2.05, 4.69) is 5.16 Å². The number of hydrogen-bond donors (Lipinski definition) is 1. The third-order valence-corrected chi connectivity index (χ3v) is 4.97. The van der Waals surface area contributed by atoms with Crippen molar-refractivity contribution >= 4 is 5.97 Å². The minimum absolute atomic E-state index is 0.392. The second-order valence-corrected chi connectivity index (χ2v) is 6.76. The molecule has 0 aliphatic heterocycles. The lowest BCUT2D eigenvalue weighted by atomic mass is 9.96. The highest BCUT2D eigenvalue weighted by Crippen LogP contribution is 2.39. The Morgan fingerprint density at radius 3 is 2.40 bits per heavy atom. The van der Waals surface area contributed by atoms with E-state index in [4.69, 9.17) is 14.4 Å². The van der Waals surface area contributed by atoms with Crippen LogP contribution in [-0.4, -0.2) is 23.3 Å². The zero-order valence-electron chi connectivity index (χ0n) is 16.3. The lowest BCUT2D eigenvalue weighted by Gasteiger charge is -2.14. The Morgan fingerprint density at radius 2 is 1.73 bits per heavy atom. The van der Waals surface area contributed by atoms with Gasteiger partial charge in [-0.2, -0.15) is 0 Å². The molecule has 0 amide bonds. The number of methoxy groups -OCH3 is 1. The van der Waals surface area contributed by atoms with Crippen LogP contribution in [0.15, 0.2) is 71.3 Å². The first-order chi connectivity index (χ1) is 14.5. The Hall–Kier alpha value is -3.93. The highest BCUT2D eigenvalue weighted by atomic mass is 19.1. The van der Waals surface area contributed by atoms with Crippen molar-refractivity contribution in [3.05, 3.63) is 83.7 Å². The summed E-state index contributed by atoms with van der Waals surface area (Å²) in [6.07, 6.45) is 0. The van der Waals surface area contributed by atoms with Crippen LogP contribution in [0.3, 0.4) is 0 Å². The molecule has 1 heterocycles. The molecule has 0 unspecified atom stereocenters. The van der Waals surface area contributed by atoms with E-state index in [0.29, 0.717) is 22.8 Å². The van der Waals surface area contributed by atoms with Crippen molar-refractivity contribution in [2.75, 3.05) is 7.11 Å². The number of hydrogen-bond acceptors (Lipinski definition) is 4. The van der Waals surface area contributed by atoms with E-state index in [9.17, 15) is 9.18 Å². The summed E-state index contributed by atoms with van der Waals surface area (Å²) >= 11 is 0. The quantitative estimate of drug-likeness (QED) is 0.454. The molecular formula is C24H18FNO4. The van der Waals surface area contributed by atoms with E-state index in [1.807, 2.05) is 49.4 Å². The first kappa shape index (κ1) is 19.4. The number of halogens is 1. The molecule has 4 rings (SSSR count). The van der Waals surface area contributed by atoms with Gasteiger partial charge in [-0.15, -0.1) is 0 Å². The molecule has 0 fully saturated rings. The van der Waals surface area contributed by atoms with Gasteiger partial charge in [0.1, 0.15) is 17.3 Å². The van der Waals surface area contributed by atoms with Crippen LogP contribution in [0.25, 0.3) is 33.7 Å². The van der Waals surface area contributed by atoms with Crippen LogP contribution < -0.4 is 4.74 Å². The van der Waals surface area contributed by atoms with Gasteiger partial charge in [0.2, 0.25) is 0 Å². The number of carboxylic acids is 1. The molecule has 30 heavy (non-hydrogen) atoms. The lowest BCUT2D eigenvalue weighted by Crippen LogP contribution is -2.00. The SMILES string of the molecule is COc1c(-c2cc(-c3ccc(C(=O)O)c(F)c3)no2)ccc(-c2ccccc2)c1C. The van der Waals surface area contributed by atoms with Gasteiger partial charge in [0, 0.05) is 11.6 Å². The predicted molar refractivity (Wildman–Crippen MR) is 111 cm³/mol. The predicted octanol–water partition coefficient (Wildman–Crippen LogP) is 5.83. The molecule has 4 aromatic rings. The number of nitrogens with zero attached hydrogens (tertiary/aromatic N) is 1. The van der Waals surface area contributed by atoms with E-state index in [0.717, 1.165) is 28.3 Å². The van der Waals surface area contributed by atoms with Gasteiger partial charge >= 0.3 is 5.97 Å². The fraction of sp³-hybridized carbons (Fsp3) is 0.0833. The topological polar surface area (TPSA) is 72.6 Å². The maximum atomic E-state index is 14.0. The third-order valence-electron chi connectivity index (χ3n) is 4.97. The van der Waals surface area contributed by atoms with Gasteiger partial charge in [0.05, 0.1) is 18.2 Å². The van der Waals surface area contributed by atoms with E-state index >= 15 is 0 Å². The molecule has 0 saturated carbocycles. The molecular weight excluding hydrogens is 385 g/mol. The van der Waals surface area contributed by atoms with Gasteiger partial charge in [0.25, 0.3) is 0 Å². The second kappa shape index (κ2) is 7.83. The molecule has 1 N–H and O–H groups in total.